The van der Waals surface area contributed by atoms with Crippen LogP contribution in [0.1, 0.15) is 36.8 Å². The van der Waals surface area contributed by atoms with Crippen LogP contribution in [-0.4, -0.2) is 62.9 Å². The maximum Gasteiger partial charge on any atom is 0.223 e. The number of piperidine rings is 1. The third kappa shape index (κ3) is 5.05. The lowest BCUT2D eigenvalue weighted by Crippen LogP contribution is -2.62. The highest BCUT2D eigenvalue weighted by molar-refractivity contribution is 7.98. The number of nitrogens with zero attached hydrogens (tertiary/aromatic N) is 4. The summed E-state index contributed by atoms with van der Waals surface area (Å²) < 4.78 is 18.8. The van der Waals surface area contributed by atoms with Crippen molar-refractivity contribution in [2.24, 2.45) is 16.7 Å². The first-order chi connectivity index (χ1) is 16.0. The first-order valence-corrected chi connectivity index (χ1v) is 12.6. The summed E-state index contributed by atoms with van der Waals surface area (Å²) in [7, 11) is 2.45. The average molecular weight is 471 g/mol. The molecule has 1 aromatic carbocycles. The Bertz CT molecular complexity index is 1040. The number of pyridine rings is 1. The number of ether oxygens (including phenoxy) is 1. The zero-order valence-electron chi connectivity index (χ0n) is 19.5. The number of amidine groups is 1. The third-order valence-corrected chi connectivity index (χ3v) is 8.59. The Kier molecular flexibility index (Phi) is 7.31. The second kappa shape index (κ2) is 10.2. The molecular weight excluding hydrogens is 436 g/mol. The summed E-state index contributed by atoms with van der Waals surface area (Å²) >= 11 is 0. The minimum Gasteiger partial charge on any atom is -0.481 e. The zero-order chi connectivity index (χ0) is 23.4. The molecule has 2 aliphatic heterocycles. The SMILES string of the molecule is CN1CCC12CCN(S(=O)/C(N)=N/N)CC2.COc1cc(-c2ccc3c(c2)CCC3)ccn1. The van der Waals surface area contributed by atoms with Gasteiger partial charge in [0.1, 0.15) is 0 Å². The van der Waals surface area contributed by atoms with Crippen LogP contribution in [0.4, 0.5) is 0 Å². The van der Waals surface area contributed by atoms with Crippen molar-refractivity contribution in [1.29, 1.82) is 0 Å². The van der Waals surface area contributed by atoms with Crippen LogP contribution < -0.4 is 16.3 Å². The molecule has 2 saturated heterocycles. The number of hydrazone groups is 1. The molecule has 33 heavy (non-hydrogen) atoms. The lowest BCUT2D eigenvalue weighted by Gasteiger charge is -2.54. The van der Waals surface area contributed by atoms with Gasteiger partial charge in [-0.1, -0.05) is 18.2 Å². The van der Waals surface area contributed by atoms with E-state index in [-0.39, 0.29) is 5.17 Å². The molecule has 0 bridgehead atoms. The van der Waals surface area contributed by atoms with Crippen molar-refractivity contribution in [3.05, 3.63) is 47.7 Å². The summed E-state index contributed by atoms with van der Waals surface area (Å²) in [5, 5.41) is 3.30. The number of benzene rings is 1. The van der Waals surface area contributed by atoms with E-state index in [0.29, 0.717) is 11.4 Å². The maximum atomic E-state index is 11.8. The molecule has 1 atom stereocenters. The molecule has 0 saturated carbocycles. The molecule has 0 radical (unpaired) electrons. The molecule has 2 fully saturated rings. The van der Waals surface area contributed by atoms with Gasteiger partial charge < -0.3 is 21.2 Å². The second-order valence-electron chi connectivity index (χ2n) is 8.97. The molecular formula is C24H34N6O2S. The lowest BCUT2D eigenvalue weighted by atomic mass is 9.77. The van der Waals surface area contributed by atoms with E-state index < -0.39 is 11.0 Å². The molecule has 3 heterocycles. The van der Waals surface area contributed by atoms with Crippen LogP contribution in [0, 0.1) is 0 Å². The zero-order valence-corrected chi connectivity index (χ0v) is 20.3. The molecule has 2 aromatic rings. The van der Waals surface area contributed by atoms with Gasteiger partial charge in [0.15, 0.2) is 11.0 Å². The highest BCUT2D eigenvalue weighted by Crippen LogP contribution is 2.38. The predicted molar refractivity (Wildman–Crippen MR) is 133 cm³/mol. The fraction of sp³-hybridized carbons (Fsp3) is 0.500. The van der Waals surface area contributed by atoms with Gasteiger partial charge in [-0.15, -0.1) is 0 Å². The minimum absolute atomic E-state index is 0.0120. The number of nitrogens with two attached hydrogens (primary N) is 2. The molecule has 1 aliphatic carbocycles. The van der Waals surface area contributed by atoms with E-state index in [1.165, 1.54) is 54.5 Å². The molecule has 178 valence electrons. The monoisotopic (exact) mass is 470 g/mol. The lowest BCUT2D eigenvalue weighted by molar-refractivity contribution is -0.0256. The number of hydrogen-bond donors (Lipinski definition) is 2. The summed E-state index contributed by atoms with van der Waals surface area (Å²) in [6.07, 6.45) is 8.88. The molecule has 0 amide bonds. The van der Waals surface area contributed by atoms with E-state index in [1.807, 2.05) is 16.4 Å². The largest absolute Gasteiger partial charge is 0.481 e. The fourth-order valence-corrected chi connectivity index (χ4v) is 5.85. The van der Waals surface area contributed by atoms with Crippen molar-refractivity contribution >= 4 is 16.2 Å². The molecule has 1 unspecified atom stereocenters. The van der Waals surface area contributed by atoms with E-state index in [4.69, 9.17) is 16.3 Å². The summed E-state index contributed by atoms with van der Waals surface area (Å²) in [4.78, 5) is 6.53. The normalized spacial score (nSPS) is 21.0. The van der Waals surface area contributed by atoms with Crippen LogP contribution in [0.2, 0.25) is 0 Å². The molecule has 4 N–H and O–H groups in total. The Labute approximate surface area is 198 Å². The van der Waals surface area contributed by atoms with Gasteiger partial charge >= 0.3 is 0 Å². The topological polar surface area (TPSA) is 110 Å². The van der Waals surface area contributed by atoms with Gasteiger partial charge in [0.2, 0.25) is 11.0 Å². The summed E-state index contributed by atoms with van der Waals surface area (Å²) in [6.45, 7) is 2.77. The van der Waals surface area contributed by atoms with E-state index in [1.54, 1.807) is 13.3 Å². The summed E-state index contributed by atoms with van der Waals surface area (Å²) in [6, 6.07) is 10.8. The highest BCUT2D eigenvalue weighted by atomic mass is 32.2. The quantitative estimate of drug-likeness (QED) is 0.308. The van der Waals surface area contributed by atoms with Crippen molar-refractivity contribution in [1.82, 2.24) is 14.2 Å². The Hall–Kier alpha value is -2.49. The standard InChI is InChI=1S/C15H15NO.C9H19N5OS/c1-17-15-10-14(7-8-16-15)13-6-5-11-3-2-4-12(11)9-13;1-13-5-2-9(13)3-6-14(7-4-9)16(15)8(10)12-11/h5-10H,2-4H2,1H3;2-7,11H2,1H3,(H2,10,12). The molecule has 9 heteroatoms. The predicted octanol–water partition coefficient (Wildman–Crippen LogP) is 2.25. The average Bonchev–Trinajstić information content (AvgIpc) is 3.35. The van der Waals surface area contributed by atoms with Gasteiger partial charge in [-0.3, -0.25) is 0 Å². The first-order valence-electron chi connectivity index (χ1n) is 11.5. The van der Waals surface area contributed by atoms with E-state index in [9.17, 15) is 4.21 Å². The van der Waals surface area contributed by atoms with Gasteiger partial charge in [0, 0.05) is 37.4 Å². The van der Waals surface area contributed by atoms with Crippen molar-refractivity contribution < 1.29 is 8.95 Å². The van der Waals surface area contributed by atoms with Crippen molar-refractivity contribution in [3.63, 3.8) is 0 Å². The van der Waals surface area contributed by atoms with E-state index in [0.717, 1.165) is 25.9 Å². The number of fused-ring (bicyclic) bond motifs is 1. The van der Waals surface area contributed by atoms with Gasteiger partial charge in [-0.25, -0.2) is 13.5 Å². The smallest absolute Gasteiger partial charge is 0.223 e. The van der Waals surface area contributed by atoms with Crippen LogP contribution in [-0.2, 0) is 23.8 Å². The number of hydrogen-bond acceptors (Lipinski definition) is 6. The van der Waals surface area contributed by atoms with Gasteiger partial charge in [-0.05, 0) is 73.9 Å². The number of aromatic nitrogens is 1. The van der Waals surface area contributed by atoms with Crippen molar-refractivity contribution in [3.8, 4) is 17.0 Å². The number of aryl methyl sites for hydroxylation is 2. The van der Waals surface area contributed by atoms with Crippen LogP contribution in [0.15, 0.2) is 41.6 Å². The molecule has 5 rings (SSSR count). The highest BCUT2D eigenvalue weighted by Gasteiger charge is 2.45. The van der Waals surface area contributed by atoms with E-state index in [2.05, 4.69) is 40.2 Å². The second-order valence-corrected chi connectivity index (χ2v) is 10.4. The van der Waals surface area contributed by atoms with Crippen LogP contribution in [0.3, 0.4) is 0 Å². The van der Waals surface area contributed by atoms with Gasteiger partial charge in [0.05, 0.1) is 7.11 Å². The summed E-state index contributed by atoms with van der Waals surface area (Å²) in [5.41, 5.74) is 11.3. The van der Waals surface area contributed by atoms with Crippen LogP contribution in [0.5, 0.6) is 5.88 Å². The van der Waals surface area contributed by atoms with E-state index >= 15 is 0 Å². The Morgan fingerprint density at radius 1 is 1.09 bits per heavy atom. The fourth-order valence-electron chi connectivity index (χ4n) is 4.98. The minimum atomic E-state index is -1.36. The van der Waals surface area contributed by atoms with Gasteiger partial charge in [0.25, 0.3) is 0 Å². The first kappa shape index (κ1) is 23.7. The van der Waals surface area contributed by atoms with Gasteiger partial charge in [-0.2, -0.15) is 5.10 Å². The Morgan fingerprint density at radius 3 is 2.42 bits per heavy atom. The third-order valence-electron chi connectivity index (χ3n) is 7.29. The van der Waals surface area contributed by atoms with Crippen LogP contribution in [0.25, 0.3) is 11.1 Å². The number of rotatable bonds is 3. The number of likely N-dealkylation sites (tertiary alicyclic amines) is 1. The number of methoxy groups -OCH3 is 1. The van der Waals surface area contributed by atoms with Crippen molar-refractivity contribution in [2.75, 3.05) is 33.8 Å². The van der Waals surface area contributed by atoms with Crippen LogP contribution >= 0.6 is 0 Å². The maximum absolute atomic E-state index is 11.8. The molecule has 3 aliphatic rings. The molecule has 8 nitrogen and oxygen atoms in total. The Morgan fingerprint density at radius 2 is 1.79 bits per heavy atom. The summed E-state index contributed by atoms with van der Waals surface area (Å²) in [5.74, 6) is 5.70. The van der Waals surface area contributed by atoms with Crippen molar-refractivity contribution in [2.45, 2.75) is 44.1 Å². The molecule has 1 aromatic heterocycles. The Balaban J connectivity index is 0.000000157. The molecule has 1 spiro atoms.